The van der Waals surface area contributed by atoms with Gasteiger partial charge in [-0.1, -0.05) is 17.7 Å². The summed E-state index contributed by atoms with van der Waals surface area (Å²) >= 11 is 6.32. The number of aromatic nitrogens is 1. The van der Waals surface area contributed by atoms with Gasteiger partial charge >= 0.3 is 0 Å². The van der Waals surface area contributed by atoms with E-state index in [0.29, 0.717) is 17.9 Å². The highest BCUT2D eigenvalue weighted by molar-refractivity contribution is 6.31. The fraction of sp³-hybridized carbons (Fsp3) is 0.455. The number of hydrogen-bond acceptors (Lipinski definition) is 1. The van der Waals surface area contributed by atoms with Gasteiger partial charge in [0.2, 0.25) is 0 Å². The Hall–Kier alpha value is -1.58. The maximum Gasteiger partial charge on any atom is 0.118 e. The van der Waals surface area contributed by atoms with Crippen LogP contribution in [0.25, 0.3) is 10.9 Å². The molecule has 5 rings (SSSR count). The zero-order chi connectivity index (χ0) is 17.8. The summed E-state index contributed by atoms with van der Waals surface area (Å²) in [5.74, 6) is 0.976. The van der Waals surface area contributed by atoms with Gasteiger partial charge in [0.1, 0.15) is 5.83 Å². The summed E-state index contributed by atoms with van der Waals surface area (Å²) in [6, 6.07) is 6.87. The van der Waals surface area contributed by atoms with Crippen LogP contribution in [-0.4, -0.2) is 23.1 Å². The molecule has 0 radical (unpaired) electrons. The van der Waals surface area contributed by atoms with Gasteiger partial charge in [0.05, 0.1) is 0 Å². The highest BCUT2D eigenvalue weighted by atomic mass is 35.5. The number of likely N-dealkylation sites (N-methyl/N-ethyl adjacent to an activating group) is 1. The van der Waals surface area contributed by atoms with E-state index in [9.17, 15) is 4.39 Å². The maximum absolute atomic E-state index is 13.4. The van der Waals surface area contributed by atoms with E-state index in [1.54, 1.807) is 12.2 Å². The van der Waals surface area contributed by atoms with Crippen LogP contribution in [0.4, 0.5) is 4.39 Å². The second kappa shape index (κ2) is 6.24. The Labute approximate surface area is 158 Å². The summed E-state index contributed by atoms with van der Waals surface area (Å²) in [4.78, 5) is 2.39. The zero-order valence-electron chi connectivity index (χ0n) is 15.1. The molecular formula is C22H24ClFN2. The third-order valence-corrected chi connectivity index (χ3v) is 6.84. The molecule has 3 atom stereocenters. The lowest BCUT2D eigenvalue weighted by Crippen LogP contribution is -2.36. The monoisotopic (exact) mass is 370 g/mol. The van der Waals surface area contributed by atoms with Crippen LogP contribution in [0.15, 0.2) is 42.3 Å². The van der Waals surface area contributed by atoms with Crippen molar-refractivity contribution < 1.29 is 4.39 Å². The number of benzene rings is 1. The largest absolute Gasteiger partial charge is 0.341 e. The lowest BCUT2D eigenvalue weighted by molar-refractivity contribution is 0.133. The average molecular weight is 371 g/mol. The van der Waals surface area contributed by atoms with Gasteiger partial charge in [-0.25, -0.2) is 4.39 Å². The van der Waals surface area contributed by atoms with Crippen LogP contribution in [-0.2, 0) is 13.0 Å². The predicted octanol–water partition coefficient (Wildman–Crippen LogP) is 5.66. The van der Waals surface area contributed by atoms with Crippen LogP contribution in [0.1, 0.15) is 36.6 Å². The molecule has 1 aromatic carbocycles. The van der Waals surface area contributed by atoms with Crippen LogP contribution in [0.3, 0.4) is 0 Å². The highest BCUT2D eigenvalue weighted by Gasteiger charge is 2.39. The van der Waals surface area contributed by atoms with E-state index < -0.39 is 0 Å². The minimum atomic E-state index is -0.0846. The smallest absolute Gasteiger partial charge is 0.118 e. The van der Waals surface area contributed by atoms with E-state index in [1.807, 2.05) is 6.07 Å². The Morgan fingerprint density at radius 2 is 2.12 bits per heavy atom. The van der Waals surface area contributed by atoms with Crippen molar-refractivity contribution in [2.75, 3.05) is 13.6 Å². The van der Waals surface area contributed by atoms with Gasteiger partial charge in [-0.15, -0.1) is 0 Å². The molecule has 26 heavy (non-hydrogen) atoms. The van der Waals surface area contributed by atoms with Crippen LogP contribution in [0.2, 0.25) is 5.02 Å². The molecule has 136 valence electrons. The summed E-state index contributed by atoms with van der Waals surface area (Å²) in [5.41, 5.74) is 4.27. The average Bonchev–Trinajstić information content (AvgIpc) is 2.89. The number of hydrogen-bond donors (Lipinski definition) is 0. The molecule has 0 bridgehead atoms. The SMILES string of the molecule is CN1CCc2c(c3cc(Cl)ccc3n2[C@@H]2CC[C@H]2C2C=CC(F)=CC2)C1. The third-order valence-electron chi connectivity index (χ3n) is 6.60. The normalized spacial score (nSPS) is 28.7. The first-order valence-electron chi connectivity index (χ1n) is 9.65. The zero-order valence-corrected chi connectivity index (χ0v) is 15.8. The topological polar surface area (TPSA) is 8.17 Å². The lowest BCUT2D eigenvalue weighted by atomic mass is 9.69. The first-order valence-corrected chi connectivity index (χ1v) is 10.0. The van der Waals surface area contributed by atoms with E-state index >= 15 is 0 Å². The number of fused-ring (bicyclic) bond motifs is 3. The first-order chi connectivity index (χ1) is 12.6. The second-order valence-electron chi connectivity index (χ2n) is 8.10. The van der Waals surface area contributed by atoms with Gasteiger partial charge in [-0.3, -0.25) is 0 Å². The molecule has 2 heterocycles. The number of rotatable bonds is 2. The second-order valence-corrected chi connectivity index (χ2v) is 8.54. The summed E-state index contributed by atoms with van der Waals surface area (Å²) in [7, 11) is 2.19. The molecule has 1 fully saturated rings. The molecular weight excluding hydrogens is 347 g/mol. The lowest BCUT2D eigenvalue weighted by Gasteiger charge is -2.44. The maximum atomic E-state index is 13.4. The fourth-order valence-corrected chi connectivity index (χ4v) is 5.31. The first kappa shape index (κ1) is 16.6. The van der Waals surface area contributed by atoms with Crippen molar-refractivity contribution in [3.05, 3.63) is 58.5 Å². The van der Waals surface area contributed by atoms with E-state index in [0.717, 1.165) is 31.0 Å². The van der Waals surface area contributed by atoms with Crippen molar-refractivity contribution in [2.45, 2.75) is 38.3 Å². The quantitative estimate of drug-likeness (QED) is 0.661. The number of halogens is 2. The van der Waals surface area contributed by atoms with E-state index in [-0.39, 0.29) is 5.83 Å². The summed E-state index contributed by atoms with van der Waals surface area (Å²) in [6.07, 6.45) is 9.87. The van der Waals surface area contributed by atoms with Gasteiger partial charge in [0, 0.05) is 47.2 Å². The molecule has 0 spiro atoms. The van der Waals surface area contributed by atoms with Gasteiger partial charge in [-0.05, 0) is 74.1 Å². The van der Waals surface area contributed by atoms with E-state index in [4.69, 9.17) is 11.6 Å². The fourth-order valence-electron chi connectivity index (χ4n) is 5.14. The molecule has 2 nitrogen and oxygen atoms in total. The van der Waals surface area contributed by atoms with Gasteiger partial charge in [0.25, 0.3) is 0 Å². The molecule has 0 saturated heterocycles. The Morgan fingerprint density at radius 3 is 2.85 bits per heavy atom. The molecule has 4 heteroatoms. The number of nitrogens with zero attached hydrogens (tertiary/aromatic N) is 2. The summed E-state index contributed by atoms with van der Waals surface area (Å²) in [5, 5.41) is 2.13. The molecule has 1 saturated carbocycles. The van der Waals surface area contributed by atoms with Crippen LogP contribution in [0, 0.1) is 11.8 Å². The predicted molar refractivity (Wildman–Crippen MR) is 105 cm³/mol. The Bertz CT molecular complexity index is 926. The molecule has 1 aromatic heterocycles. The van der Waals surface area contributed by atoms with Crippen LogP contribution in [0.5, 0.6) is 0 Å². The molecule has 0 amide bonds. The van der Waals surface area contributed by atoms with Crippen molar-refractivity contribution in [1.29, 1.82) is 0 Å². The summed E-state index contributed by atoms with van der Waals surface area (Å²) in [6.45, 7) is 2.10. The van der Waals surface area contributed by atoms with Gasteiger partial charge in [0.15, 0.2) is 0 Å². The van der Waals surface area contributed by atoms with Crippen molar-refractivity contribution in [2.24, 2.45) is 11.8 Å². The van der Waals surface area contributed by atoms with Gasteiger partial charge in [-0.2, -0.15) is 0 Å². The Morgan fingerprint density at radius 1 is 1.23 bits per heavy atom. The standard InChI is InChI=1S/C22H24ClFN2/c1-25-11-10-22-19(13-25)18-12-15(23)4-8-21(18)26(22)20-9-7-17(20)14-2-5-16(24)6-3-14/h2,4-6,8,12,14,17,20H,3,7,9-11,13H2,1H3/t14?,17-,20+/m0/s1. The highest BCUT2D eigenvalue weighted by Crippen LogP contribution is 2.49. The van der Waals surface area contributed by atoms with Crippen molar-refractivity contribution >= 4 is 22.5 Å². The Balaban J connectivity index is 1.58. The molecule has 2 aliphatic carbocycles. The van der Waals surface area contributed by atoms with Crippen LogP contribution >= 0.6 is 11.6 Å². The van der Waals surface area contributed by atoms with E-state index in [1.165, 1.54) is 35.0 Å². The number of allylic oxidation sites excluding steroid dienone is 4. The van der Waals surface area contributed by atoms with E-state index in [2.05, 4.69) is 34.7 Å². The minimum absolute atomic E-state index is 0.0846. The van der Waals surface area contributed by atoms with Gasteiger partial charge < -0.3 is 9.47 Å². The summed E-state index contributed by atoms with van der Waals surface area (Å²) < 4.78 is 16.0. The van der Waals surface area contributed by atoms with Crippen LogP contribution < -0.4 is 0 Å². The van der Waals surface area contributed by atoms with Crippen molar-refractivity contribution in [3.63, 3.8) is 0 Å². The Kier molecular flexibility index (Phi) is 3.98. The molecule has 2 aromatic rings. The molecule has 0 N–H and O–H groups in total. The van der Waals surface area contributed by atoms with Crippen molar-refractivity contribution in [1.82, 2.24) is 9.47 Å². The molecule has 1 aliphatic heterocycles. The van der Waals surface area contributed by atoms with Crippen molar-refractivity contribution in [3.8, 4) is 0 Å². The molecule has 1 unspecified atom stereocenters. The molecule has 3 aliphatic rings. The third kappa shape index (κ3) is 2.56. The minimum Gasteiger partial charge on any atom is -0.341 e.